The molecule has 1 aromatic rings. The maximum Gasteiger partial charge on any atom is 0.163 e. The van der Waals surface area contributed by atoms with E-state index in [1.807, 2.05) is 4.90 Å². The average molecular weight is 306 g/mol. The van der Waals surface area contributed by atoms with Gasteiger partial charge in [0.05, 0.1) is 13.1 Å². The van der Waals surface area contributed by atoms with Crippen molar-refractivity contribution in [1.29, 1.82) is 0 Å². The van der Waals surface area contributed by atoms with E-state index in [9.17, 15) is 9.18 Å². The number of ketones is 1. The van der Waals surface area contributed by atoms with Crippen LogP contribution in [-0.2, 0) is 0 Å². The maximum atomic E-state index is 12.9. The molecule has 0 saturated carbocycles. The standard InChI is InChI=1S/C18H25FN2O/c19-16-8-6-15(7-9-16)18(22)5-3-10-20-12-13-21-11-2-1-4-17(21)14-20/h6-9,17H,1-5,10-14H2/p+2/t17-/m1/s1. The van der Waals surface area contributed by atoms with Crippen molar-refractivity contribution < 1.29 is 19.0 Å². The lowest BCUT2D eigenvalue weighted by atomic mass is 9.99. The van der Waals surface area contributed by atoms with E-state index in [0.717, 1.165) is 19.0 Å². The molecular weight excluding hydrogens is 279 g/mol. The molecule has 120 valence electrons. The molecule has 1 aromatic carbocycles. The minimum Gasteiger partial charge on any atom is -0.325 e. The first-order chi connectivity index (χ1) is 10.7. The van der Waals surface area contributed by atoms with E-state index >= 15 is 0 Å². The summed E-state index contributed by atoms with van der Waals surface area (Å²) in [6.45, 7) is 6.28. The number of rotatable bonds is 5. The van der Waals surface area contributed by atoms with Gasteiger partial charge in [-0.25, -0.2) is 4.39 Å². The van der Waals surface area contributed by atoms with Crippen molar-refractivity contribution in [2.24, 2.45) is 0 Å². The summed E-state index contributed by atoms with van der Waals surface area (Å²) in [5, 5.41) is 0. The van der Waals surface area contributed by atoms with Crippen molar-refractivity contribution in [3.05, 3.63) is 35.6 Å². The van der Waals surface area contributed by atoms with E-state index in [1.54, 1.807) is 17.0 Å². The van der Waals surface area contributed by atoms with Gasteiger partial charge in [-0.3, -0.25) is 4.79 Å². The Morgan fingerprint density at radius 3 is 2.77 bits per heavy atom. The second kappa shape index (κ2) is 7.34. The van der Waals surface area contributed by atoms with Gasteiger partial charge >= 0.3 is 0 Å². The molecule has 3 atom stereocenters. The van der Waals surface area contributed by atoms with Crippen molar-refractivity contribution in [1.82, 2.24) is 0 Å². The molecule has 2 fully saturated rings. The lowest BCUT2D eigenvalue weighted by molar-refractivity contribution is -1.03. The van der Waals surface area contributed by atoms with E-state index in [2.05, 4.69) is 0 Å². The lowest BCUT2D eigenvalue weighted by Crippen LogP contribution is -3.31. The summed E-state index contributed by atoms with van der Waals surface area (Å²) >= 11 is 0. The van der Waals surface area contributed by atoms with Crippen LogP contribution in [0.3, 0.4) is 0 Å². The molecule has 0 aliphatic carbocycles. The van der Waals surface area contributed by atoms with Crippen LogP contribution in [0, 0.1) is 5.82 Å². The average Bonchev–Trinajstić information content (AvgIpc) is 2.55. The van der Waals surface area contributed by atoms with Crippen molar-refractivity contribution in [3.8, 4) is 0 Å². The third kappa shape index (κ3) is 3.93. The highest BCUT2D eigenvalue weighted by atomic mass is 19.1. The molecule has 2 aliphatic rings. The van der Waals surface area contributed by atoms with Gasteiger partial charge in [-0.2, -0.15) is 0 Å². The Hall–Kier alpha value is -1.26. The Bertz CT molecular complexity index is 502. The first-order valence-corrected chi connectivity index (χ1v) is 8.69. The molecule has 0 spiro atoms. The number of carbonyl (C=O) groups is 1. The summed E-state index contributed by atoms with van der Waals surface area (Å²) in [6, 6.07) is 6.77. The zero-order valence-electron chi connectivity index (χ0n) is 13.2. The predicted octanol–water partition coefficient (Wildman–Crippen LogP) is 0.125. The third-order valence-electron chi connectivity index (χ3n) is 5.31. The molecule has 2 N–H and O–H groups in total. The third-order valence-corrected chi connectivity index (χ3v) is 5.31. The Balaban J connectivity index is 1.41. The molecule has 2 aliphatic heterocycles. The highest BCUT2D eigenvalue weighted by Gasteiger charge is 2.34. The number of benzene rings is 1. The monoisotopic (exact) mass is 306 g/mol. The van der Waals surface area contributed by atoms with Gasteiger partial charge in [-0.15, -0.1) is 0 Å². The van der Waals surface area contributed by atoms with Crippen LogP contribution < -0.4 is 9.80 Å². The lowest BCUT2D eigenvalue weighted by Gasteiger charge is -2.38. The number of nitrogens with one attached hydrogen (secondary N) is 2. The molecule has 0 amide bonds. The fourth-order valence-electron chi connectivity index (χ4n) is 4.02. The summed E-state index contributed by atoms with van der Waals surface area (Å²) < 4.78 is 12.9. The summed E-state index contributed by atoms with van der Waals surface area (Å²) in [5.74, 6) is -0.143. The highest BCUT2D eigenvalue weighted by molar-refractivity contribution is 5.95. The molecule has 3 rings (SSSR count). The van der Waals surface area contributed by atoms with Crippen molar-refractivity contribution >= 4 is 5.78 Å². The molecule has 0 radical (unpaired) electrons. The number of piperidine rings is 1. The molecule has 0 bridgehead atoms. The van der Waals surface area contributed by atoms with Crippen molar-refractivity contribution in [2.75, 3.05) is 32.7 Å². The van der Waals surface area contributed by atoms with Crippen LogP contribution in [0.4, 0.5) is 4.39 Å². The molecule has 3 nitrogen and oxygen atoms in total. The zero-order valence-corrected chi connectivity index (χ0v) is 13.2. The zero-order chi connectivity index (χ0) is 15.4. The number of fused-ring (bicyclic) bond motifs is 1. The van der Waals surface area contributed by atoms with Crippen LogP contribution in [0.15, 0.2) is 24.3 Å². The van der Waals surface area contributed by atoms with Gasteiger partial charge < -0.3 is 9.80 Å². The Morgan fingerprint density at radius 2 is 1.95 bits per heavy atom. The van der Waals surface area contributed by atoms with Gasteiger partial charge in [0.25, 0.3) is 0 Å². The van der Waals surface area contributed by atoms with E-state index in [4.69, 9.17) is 0 Å². The van der Waals surface area contributed by atoms with E-state index in [1.165, 1.54) is 57.6 Å². The first-order valence-electron chi connectivity index (χ1n) is 8.69. The second-order valence-electron chi connectivity index (χ2n) is 6.84. The van der Waals surface area contributed by atoms with Crippen LogP contribution in [0.5, 0.6) is 0 Å². The van der Waals surface area contributed by atoms with Gasteiger partial charge in [0.15, 0.2) is 5.78 Å². The van der Waals surface area contributed by atoms with Crippen molar-refractivity contribution in [3.63, 3.8) is 0 Å². The Morgan fingerprint density at radius 1 is 1.14 bits per heavy atom. The predicted molar refractivity (Wildman–Crippen MR) is 83.9 cm³/mol. The molecule has 4 heteroatoms. The number of carbonyl (C=O) groups excluding carboxylic acids is 1. The van der Waals surface area contributed by atoms with E-state index in [-0.39, 0.29) is 11.6 Å². The molecule has 2 heterocycles. The molecule has 22 heavy (non-hydrogen) atoms. The second-order valence-corrected chi connectivity index (χ2v) is 6.84. The Labute approximate surface area is 132 Å². The van der Waals surface area contributed by atoms with Gasteiger partial charge in [0, 0.05) is 24.8 Å². The van der Waals surface area contributed by atoms with Crippen LogP contribution >= 0.6 is 0 Å². The quantitative estimate of drug-likeness (QED) is 0.743. The molecule has 0 aromatic heterocycles. The minimum atomic E-state index is -0.283. The summed E-state index contributed by atoms with van der Waals surface area (Å²) in [4.78, 5) is 15.6. The summed E-state index contributed by atoms with van der Waals surface area (Å²) in [7, 11) is 0. The summed E-state index contributed by atoms with van der Waals surface area (Å²) in [6.07, 6.45) is 5.69. The van der Waals surface area contributed by atoms with Gasteiger partial charge in [0.2, 0.25) is 0 Å². The highest BCUT2D eigenvalue weighted by Crippen LogP contribution is 2.07. The van der Waals surface area contributed by atoms with Crippen LogP contribution in [0.25, 0.3) is 0 Å². The number of piperazine rings is 1. The topological polar surface area (TPSA) is 26.0 Å². The number of hydrogen-bond donors (Lipinski definition) is 2. The normalized spacial score (nSPS) is 28.1. The van der Waals surface area contributed by atoms with Gasteiger partial charge in [-0.05, 0) is 37.1 Å². The number of hydrogen-bond acceptors (Lipinski definition) is 1. The number of Topliss-reactive ketones (excluding diaryl/α,β-unsaturated/α-hetero) is 1. The number of halogens is 1. The Kier molecular flexibility index (Phi) is 5.21. The SMILES string of the molecule is O=C(CCC[NH+]1CC[NH+]2CCCC[C@@H]2C1)c1ccc(F)cc1. The smallest absolute Gasteiger partial charge is 0.163 e. The molecule has 2 saturated heterocycles. The first kappa shape index (κ1) is 15.6. The largest absolute Gasteiger partial charge is 0.325 e. The molecule has 2 unspecified atom stereocenters. The summed E-state index contributed by atoms with van der Waals surface area (Å²) in [5.41, 5.74) is 0.637. The molecular formula is C18H27FN2O+2. The van der Waals surface area contributed by atoms with E-state index < -0.39 is 0 Å². The van der Waals surface area contributed by atoms with Crippen LogP contribution in [0.1, 0.15) is 42.5 Å². The minimum absolute atomic E-state index is 0.140. The van der Waals surface area contributed by atoms with Crippen LogP contribution in [0.2, 0.25) is 0 Å². The number of quaternary nitrogens is 2. The van der Waals surface area contributed by atoms with Crippen molar-refractivity contribution in [2.45, 2.75) is 38.1 Å². The maximum absolute atomic E-state index is 12.9. The van der Waals surface area contributed by atoms with Gasteiger partial charge in [-0.1, -0.05) is 0 Å². The fraction of sp³-hybridized carbons (Fsp3) is 0.611. The van der Waals surface area contributed by atoms with E-state index in [0.29, 0.717) is 12.0 Å². The van der Waals surface area contributed by atoms with Crippen LogP contribution in [-0.4, -0.2) is 44.5 Å². The fourth-order valence-corrected chi connectivity index (χ4v) is 4.02. The van der Waals surface area contributed by atoms with Gasteiger partial charge in [0.1, 0.15) is 31.5 Å².